The van der Waals surface area contributed by atoms with E-state index in [0.717, 1.165) is 13.0 Å². The van der Waals surface area contributed by atoms with Crippen LogP contribution in [0.15, 0.2) is 11.1 Å². The molecule has 88 valence electrons. The van der Waals surface area contributed by atoms with Crippen LogP contribution in [0.25, 0.3) is 0 Å². The average Bonchev–Trinajstić information content (AvgIpc) is 2.20. The normalized spacial score (nSPS) is 25.8. The lowest BCUT2D eigenvalue weighted by Gasteiger charge is -2.35. The molecular formula is C10H17N5O. The fourth-order valence-electron chi connectivity index (χ4n) is 2.23. The van der Waals surface area contributed by atoms with Crippen molar-refractivity contribution in [2.75, 3.05) is 23.7 Å². The molecule has 1 aromatic heterocycles. The molecule has 0 amide bonds. The summed E-state index contributed by atoms with van der Waals surface area (Å²) < 4.78 is 0. The van der Waals surface area contributed by atoms with E-state index in [0.29, 0.717) is 18.3 Å². The average molecular weight is 223 g/mol. The summed E-state index contributed by atoms with van der Waals surface area (Å²) in [7, 11) is 0. The highest BCUT2D eigenvalue weighted by atomic mass is 16.1. The summed E-state index contributed by atoms with van der Waals surface area (Å²) in [6.07, 6.45) is 2.37. The lowest BCUT2D eigenvalue weighted by atomic mass is 9.96. The first-order valence-electron chi connectivity index (χ1n) is 5.41. The van der Waals surface area contributed by atoms with Crippen molar-refractivity contribution >= 4 is 11.5 Å². The van der Waals surface area contributed by atoms with Crippen LogP contribution in [-0.4, -0.2) is 29.1 Å². The van der Waals surface area contributed by atoms with Crippen LogP contribution in [0.2, 0.25) is 0 Å². The fraction of sp³-hybridized carbons (Fsp3) is 0.600. The minimum Gasteiger partial charge on any atom is -0.391 e. The van der Waals surface area contributed by atoms with E-state index in [2.05, 4.69) is 16.9 Å². The monoisotopic (exact) mass is 223 g/mol. The molecule has 5 N–H and O–H groups in total. The Morgan fingerprint density at radius 1 is 1.56 bits per heavy atom. The molecule has 2 unspecified atom stereocenters. The van der Waals surface area contributed by atoms with Gasteiger partial charge in [0.05, 0.1) is 6.33 Å². The van der Waals surface area contributed by atoms with E-state index in [-0.39, 0.29) is 17.3 Å². The van der Waals surface area contributed by atoms with Crippen molar-refractivity contribution in [3.8, 4) is 0 Å². The second-order valence-corrected chi connectivity index (χ2v) is 4.47. The molecule has 0 spiro atoms. The van der Waals surface area contributed by atoms with Gasteiger partial charge in [0.2, 0.25) is 0 Å². The smallest absolute Gasteiger partial charge is 0.276 e. The first-order chi connectivity index (χ1) is 7.58. The Kier molecular flexibility index (Phi) is 2.82. The van der Waals surface area contributed by atoms with E-state index in [1.54, 1.807) is 0 Å². The molecule has 1 aromatic rings. The Morgan fingerprint density at radius 2 is 2.31 bits per heavy atom. The van der Waals surface area contributed by atoms with Gasteiger partial charge in [0.15, 0.2) is 5.82 Å². The zero-order valence-electron chi connectivity index (χ0n) is 9.31. The highest BCUT2D eigenvalue weighted by molar-refractivity contribution is 5.61. The minimum absolute atomic E-state index is 0.115. The zero-order valence-corrected chi connectivity index (χ0v) is 9.31. The highest BCUT2D eigenvalue weighted by Gasteiger charge is 2.24. The van der Waals surface area contributed by atoms with Crippen LogP contribution in [0.1, 0.15) is 13.3 Å². The quantitative estimate of drug-likeness (QED) is 0.597. The number of aromatic nitrogens is 2. The van der Waals surface area contributed by atoms with Gasteiger partial charge in [-0.2, -0.15) is 0 Å². The number of hydrogen-bond donors (Lipinski definition) is 3. The third kappa shape index (κ3) is 2.01. The highest BCUT2D eigenvalue weighted by Crippen LogP contribution is 2.22. The van der Waals surface area contributed by atoms with Crippen molar-refractivity contribution in [2.45, 2.75) is 19.4 Å². The number of H-pyrrole nitrogens is 1. The molecule has 0 bridgehead atoms. The molecule has 16 heavy (non-hydrogen) atoms. The maximum absolute atomic E-state index is 11.4. The molecule has 2 rings (SSSR count). The fourth-order valence-corrected chi connectivity index (χ4v) is 2.23. The number of nitrogens with one attached hydrogen (secondary N) is 1. The maximum Gasteiger partial charge on any atom is 0.276 e. The van der Waals surface area contributed by atoms with Gasteiger partial charge in [-0.3, -0.25) is 4.79 Å². The Balaban J connectivity index is 2.30. The molecule has 0 radical (unpaired) electrons. The number of nitrogens with zero attached hydrogens (tertiary/aromatic N) is 2. The van der Waals surface area contributed by atoms with Crippen LogP contribution in [-0.2, 0) is 0 Å². The number of rotatable bonds is 1. The van der Waals surface area contributed by atoms with Crippen molar-refractivity contribution in [3.63, 3.8) is 0 Å². The van der Waals surface area contributed by atoms with Gasteiger partial charge in [-0.05, 0) is 12.3 Å². The summed E-state index contributed by atoms with van der Waals surface area (Å²) in [4.78, 5) is 19.9. The maximum atomic E-state index is 11.4. The second kappa shape index (κ2) is 4.13. The van der Waals surface area contributed by atoms with Crippen molar-refractivity contribution in [1.82, 2.24) is 9.97 Å². The van der Waals surface area contributed by atoms with Crippen LogP contribution in [0.5, 0.6) is 0 Å². The number of nitrogens with two attached hydrogens (primary N) is 2. The van der Waals surface area contributed by atoms with Gasteiger partial charge in [-0.1, -0.05) is 6.92 Å². The van der Waals surface area contributed by atoms with Crippen LogP contribution in [0.3, 0.4) is 0 Å². The van der Waals surface area contributed by atoms with Gasteiger partial charge in [0.1, 0.15) is 5.69 Å². The van der Waals surface area contributed by atoms with Crippen molar-refractivity contribution in [1.29, 1.82) is 0 Å². The second-order valence-electron chi connectivity index (χ2n) is 4.47. The molecule has 1 aliphatic rings. The van der Waals surface area contributed by atoms with Crippen LogP contribution < -0.4 is 21.9 Å². The molecule has 1 saturated heterocycles. The minimum atomic E-state index is -0.295. The van der Waals surface area contributed by atoms with Crippen molar-refractivity contribution < 1.29 is 0 Å². The number of hydrogen-bond acceptors (Lipinski definition) is 5. The van der Waals surface area contributed by atoms with Crippen molar-refractivity contribution in [2.24, 2.45) is 11.7 Å². The lowest BCUT2D eigenvalue weighted by Crippen LogP contribution is -2.47. The first kappa shape index (κ1) is 10.9. The molecule has 2 atom stereocenters. The summed E-state index contributed by atoms with van der Waals surface area (Å²) in [5.41, 5.74) is 11.5. The summed E-state index contributed by atoms with van der Waals surface area (Å²) in [5.74, 6) is 1.04. The lowest BCUT2D eigenvalue weighted by molar-refractivity contribution is 0.400. The van der Waals surface area contributed by atoms with Gasteiger partial charge < -0.3 is 21.4 Å². The van der Waals surface area contributed by atoms with Crippen LogP contribution in [0.4, 0.5) is 11.5 Å². The predicted octanol–water partition coefficient (Wildman–Crippen LogP) is -0.474. The molecule has 1 aliphatic heterocycles. The number of anilines is 2. The van der Waals surface area contributed by atoms with E-state index >= 15 is 0 Å². The van der Waals surface area contributed by atoms with E-state index in [9.17, 15) is 4.79 Å². The molecule has 1 fully saturated rings. The van der Waals surface area contributed by atoms with E-state index in [1.165, 1.54) is 6.33 Å². The molecule has 0 aromatic carbocycles. The molecule has 0 aliphatic carbocycles. The number of piperidine rings is 1. The molecular weight excluding hydrogens is 206 g/mol. The van der Waals surface area contributed by atoms with Crippen molar-refractivity contribution in [3.05, 3.63) is 16.7 Å². The summed E-state index contributed by atoms with van der Waals surface area (Å²) in [6.45, 7) is 3.68. The third-order valence-corrected chi connectivity index (χ3v) is 2.86. The Bertz CT molecular complexity index is 419. The van der Waals surface area contributed by atoms with Gasteiger partial charge in [0, 0.05) is 19.1 Å². The van der Waals surface area contributed by atoms with Crippen LogP contribution in [0, 0.1) is 5.92 Å². The molecule has 6 heteroatoms. The van der Waals surface area contributed by atoms with Gasteiger partial charge in [0.25, 0.3) is 5.56 Å². The molecule has 2 heterocycles. The number of nitrogen functional groups attached to an aromatic ring is 1. The van der Waals surface area contributed by atoms with E-state index in [4.69, 9.17) is 11.5 Å². The Labute approximate surface area is 93.7 Å². The molecule has 6 nitrogen and oxygen atoms in total. The van der Waals surface area contributed by atoms with Gasteiger partial charge in [-0.25, -0.2) is 4.98 Å². The van der Waals surface area contributed by atoms with E-state index in [1.807, 2.05) is 4.90 Å². The molecule has 0 saturated carbocycles. The Morgan fingerprint density at radius 3 is 3.00 bits per heavy atom. The van der Waals surface area contributed by atoms with Crippen LogP contribution >= 0.6 is 0 Å². The largest absolute Gasteiger partial charge is 0.391 e. The summed E-state index contributed by atoms with van der Waals surface area (Å²) in [6, 6.07) is 0.115. The SMILES string of the molecule is CC1CC(N)CN(c2nc[nH]c(=O)c2N)C1. The van der Waals surface area contributed by atoms with Gasteiger partial charge >= 0.3 is 0 Å². The van der Waals surface area contributed by atoms with Gasteiger partial charge in [-0.15, -0.1) is 0 Å². The van der Waals surface area contributed by atoms with E-state index < -0.39 is 0 Å². The summed E-state index contributed by atoms with van der Waals surface area (Å²) in [5, 5.41) is 0. The Hall–Kier alpha value is -1.56. The number of aromatic amines is 1. The standard InChI is InChI=1S/C10H17N5O/c1-6-2-7(11)4-15(3-6)9-8(12)10(16)14-5-13-9/h5-7H,2-4,11-12H2,1H3,(H,13,14,16). The third-order valence-electron chi connectivity index (χ3n) is 2.86. The zero-order chi connectivity index (χ0) is 11.7. The first-order valence-corrected chi connectivity index (χ1v) is 5.41. The topological polar surface area (TPSA) is 101 Å². The predicted molar refractivity (Wildman–Crippen MR) is 63.2 cm³/mol. The summed E-state index contributed by atoms with van der Waals surface area (Å²) >= 11 is 0.